The Labute approximate surface area is 168 Å². The minimum atomic E-state index is -3.68. The Morgan fingerprint density at radius 2 is 1.71 bits per heavy atom. The molecule has 0 bridgehead atoms. The second-order valence-corrected chi connectivity index (χ2v) is 9.17. The minimum absolute atomic E-state index is 0.0184. The molecule has 0 aliphatic carbocycles. The van der Waals surface area contributed by atoms with Crippen LogP contribution in [-0.2, 0) is 14.8 Å². The zero-order chi connectivity index (χ0) is 19.7. The van der Waals surface area contributed by atoms with Crippen LogP contribution in [0.4, 0.5) is 5.69 Å². The topological polar surface area (TPSA) is 86.7 Å². The lowest BCUT2D eigenvalue weighted by Gasteiger charge is -2.42. The molecule has 2 aliphatic rings. The summed E-state index contributed by atoms with van der Waals surface area (Å²) in [4.78, 5) is 24.7. The highest BCUT2D eigenvalue weighted by molar-refractivity contribution is 7.89. The smallest absolute Gasteiger partial charge is 0.260 e. The summed E-state index contributed by atoms with van der Waals surface area (Å²) in [6.45, 7) is 3.14. The Kier molecular flexibility index (Phi) is 5.22. The molecule has 4 rings (SSSR count). The second-order valence-electron chi connectivity index (χ2n) is 6.85. The highest BCUT2D eigenvalue weighted by Crippen LogP contribution is 2.26. The van der Waals surface area contributed by atoms with Crippen molar-refractivity contribution in [2.24, 2.45) is 5.92 Å². The average Bonchev–Trinajstić information content (AvgIpc) is 2.68. The number of sulfonamides is 1. The van der Waals surface area contributed by atoms with Crippen LogP contribution in [0.5, 0.6) is 0 Å². The summed E-state index contributed by atoms with van der Waals surface area (Å²) in [5.74, 6) is -0.278. The van der Waals surface area contributed by atoms with E-state index in [0.717, 1.165) is 18.8 Å². The number of halogens is 1. The predicted molar refractivity (Wildman–Crippen MR) is 105 cm³/mol. The number of anilines is 1. The summed E-state index contributed by atoms with van der Waals surface area (Å²) in [6, 6.07) is 6.78. The fourth-order valence-electron chi connectivity index (χ4n) is 3.44. The minimum Gasteiger partial charge on any atom is -0.368 e. The van der Waals surface area contributed by atoms with Crippen LogP contribution in [0.1, 0.15) is 0 Å². The number of hydrogen-bond acceptors (Lipinski definition) is 6. The lowest BCUT2D eigenvalue weighted by molar-refractivity contribution is -0.139. The molecule has 0 atom stereocenters. The number of rotatable bonds is 4. The summed E-state index contributed by atoms with van der Waals surface area (Å²) in [7, 11) is -3.68. The van der Waals surface area contributed by atoms with E-state index in [1.807, 2.05) is 17.0 Å². The van der Waals surface area contributed by atoms with Gasteiger partial charge in [0.1, 0.15) is 0 Å². The molecular weight excluding hydrogens is 402 g/mol. The normalized spacial score (nSPS) is 18.8. The van der Waals surface area contributed by atoms with Gasteiger partial charge in [0.2, 0.25) is 5.91 Å². The molecule has 2 aromatic heterocycles. The first-order valence-electron chi connectivity index (χ1n) is 9.00. The maximum absolute atomic E-state index is 12.7. The van der Waals surface area contributed by atoms with E-state index >= 15 is 0 Å². The molecule has 4 heterocycles. The van der Waals surface area contributed by atoms with E-state index in [2.05, 4.69) is 14.9 Å². The molecule has 8 nitrogen and oxygen atoms in total. The van der Waals surface area contributed by atoms with Crippen LogP contribution in [-0.4, -0.2) is 72.8 Å². The van der Waals surface area contributed by atoms with Gasteiger partial charge in [0.15, 0.2) is 5.03 Å². The molecule has 0 spiro atoms. The average molecular weight is 422 g/mol. The molecule has 2 aliphatic heterocycles. The van der Waals surface area contributed by atoms with Crippen molar-refractivity contribution in [3.63, 3.8) is 0 Å². The van der Waals surface area contributed by atoms with Gasteiger partial charge < -0.3 is 9.80 Å². The van der Waals surface area contributed by atoms with Gasteiger partial charge in [-0.1, -0.05) is 11.6 Å². The van der Waals surface area contributed by atoms with E-state index in [0.29, 0.717) is 18.1 Å². The molecule has 0 saturated carbocycles. The molecule has 1 amide bonds. The Bertz CT molecular complexity index is 941. The first-order valence-corrected chi connectivity index (χ1v) is 10.8. The molecule has 10 heteroatoms. The SMILES string of the molecule is O=C(C1CN(S(=O)(=O)c2ccc(Cl)cn2)C1)N1CCN(c2ccncc2)CC1. The van der Waals surface area contributed by atoms with E-state index in [9.17, 15) is 13.2 Å². The Morgan fingerprint density at radius 1 is 1.04 bits per heavy atom. The van der Waals surface area contributed by atoms with Gasteiger partial charge in [-0.3, -0.25) is 9.78 Å². The van der Waals surface area contributed by atoms with Gasteiger partial charge in [-0.2, -0.15) is 4.31 Å². The zero-order valence-corrected chi connectivity index (χ0v) is 16.7. The van der Waals surface area contributed by atoms with Gasteiger partial charge >= 0.3 is 0 Å². The molecular formula is C18H20ClN5O3S. The summed E-state index contributed by atoms with van der Waals surface area (Å²) in [5.41, 5.74) is 1.10. The van der Waals surface area contributed by atoms with Crippen molar-refractivity contribution >= 4 is 33.2 Å². The number of piperazine rings is 1. The van der Waals surface area contributed by atoms with Crippen molar-refractivity contribution in [3.8, 4) is 0 Å². The van der Waals surface area contributed by atoms with Crippen molar-refractivity contribution in [2.45, 2.75) is 5.03 Å². The number of nitrogens with zero attached hydrogens (tertiary/aromatic N) is 5. The number of hydrogen-bond donors (Lipinski definition) is 0. The van der Waals surface area contributed by atoms with Crippen LogP contribution < -0.4 is 4.90 Å². The van der Waals surface area contributed by atoms with Crippen LogP contribution in [0.15, 0.2) is 47.9 Å². The van der Waals surface area contributed by atoms with Crippen LogP contribution in [0.25, 0.3) is 0 Å². The summed E-state index contributed by atoms with van der Waals surface area (Å²) >= 11 is 5.76. The number of amides is 1. The van der Waals surface area contributed by atoms with Crippen LogP contribution >= 0.6 is 11.6 Å². The lowest BCUT2D eigenvalue weighted by Crippen LogP contribution is -2.59. The van der Waals surface area contributed by atoms with Crippen LogP contribution in [0.2, 0.25) is 5.02 Å². The van der Waals surface area contributed by atoms with Gasteiger partial charge in [-0.05, 0) is 24.3 Å². The van der Waals surface area contributed by atoms with Crippen molar-refractivity contribution in [1.29, 1.82) is 0 Å². The molecule has 0 unspecified atom stereocenters. The molecule has 28 heavy (non-hydrogen) atoms. The first-order chi connectivity index (χ1) is 13.4. The van der Waals surface area contributed by atoms with Crippen LogP contribution in [0, 0.1) is 5.92 Å². The highest BCUT2D eigenvalue weighted by Gasteiger charge is 2.42. The van der Waals surface area contributed by atoms with E-state index in [1.165, 1.54) is 22.6 Å². The highest BCUT2D eigenvalue weighted by atomic mass is 35.5. The van der Waals surface area contributed by atoms with E-state index in [-0.39, 0.29) is 29.9 Å². The molecule has 0 radical (unpaired) electrons. The van der Waals surface area contributed by atoms with Crippen molar-refractivity contribution < 1.29 is 13.2 Å². The fraction of sp³-hybridized carbons (Fsp3) is 0.389. The van der Waals surface area contributed by atoms with Gasteiger partial charge in [-0.15, -0.1) is 0 Å². The fourth-order valence-corrected chi connectivity index (χ4v) is 4.99. The van der Waals surface area contributed by atoms with Crippen molar-refractivity contribution in [2.75, 3.05) is 44.2 Å². The standard InChI is InChI=1S/C18H20ClN5O3S/c19-15-1-2-17(21-11-15)28(26,27)24-12-14(13-24)18(25)23-9-7-22(8-10-23)16-3-5-20-6-4-16/h1-6,11,14H,7-10,12-13H2. The Morgan fingerprint density at radius 3 is 2.32 bits per heavy atom. The number of aromatic nitrogens is 2. The maximum Gasteiger partial charge on any atom is 0.260 e. The van der Waals surface area contributed by atoms with Gasteiger partial charge in [-0.25, -0.2) is 13.4 Å². The third kappa shape index (κ3) is 3.69. The molecule has 2 saturated heterocycles. The quantitative estimate of drug-likeness (QED) is 0.734. The van der Waals surface area contributed by atoms with Crippen LogP contribution in [0.3, 0.4) is 0 Å². The molecule has 0 N–H and O–H groups in total. The largest absolute Gasteiger partial charge is 0.368 e. The summed E-state index contributed by atoms with van der Waals surface area (Å²) in [5, 5.41) is 0.329. The molecule has 0 aromatic carbocycles. The second kappa shape index (κ2) is 7.65. The zero-order valence-electron chi connectivity index (χ0n) is 15.1. The first kappa shape index (κ1) is 19.1. The lowest BCUT2D eigenvalue weighted by atomic mass is 10.0. The summed E-state index contributed by atoms with van der Waals surface area (Å²) < 4.78 is 26.4. The third-order valence-corrected chi connectivity index (χ3v) is 7.09. The molecule has 148 valence electrons. The van der Waals surface area contributed by atoms with E-state index in [1.54, 1.807) is 12.4 Å². The maximum atomic E-state index is 12.7. The number of carbonyl (C=O) groups excluding carboxylic acids is 1. The van der Waals surface area contributed by atoms with Crippen molar-refractivity contribution in [1.82, 2.24) is 19.2 Å². The van der Waals surface area contributed by atoms with Gasteiger partial charge in [0, 0.05) is 63.5 Å². The predicted octanol–water partition coefficient (Wildman–Crippen LogP) is 1.10. The third-order valence-electron chi connectivity index (χ3n) is 5.12. The molecule has 2 aromatic rings. The van der Waals surface area contributed by atoms with Gasteiger partial charge in [0.25, 0.3) is 10.0 Å². The monoisotopic (exact) mass is 421 g/mol. The Balaban J connectivity index is 1.31. The van der Waals surface area contributed by atoms with E-state index < -0.39 is 10.0 Å². The van der Waals surface area contributed by atoms with Gasteiger partial charge in [0.05, 0.1) is 10.9 Å². The van der Waals surface area contributed by atoms with E-state index in [4.69, 9.17) is 11.6 Å². The number of pyridine rings is 2. The Hall–Kier alpha value is -2.23. The molecule has 2 fully saturated rings. The summed E-state index contributed by atoms with van der Waals surface area (Å²) in [6.07, 6.45) is 4.82. The number of carbonyl (C=O) groups is 1. The van der Waals surface area contributed by atoms with Crippen molar-refractivity contribution in [3.05, 3.63) is 47.9 Å².